The lowest BCUT2D eigenvalue weighted by Crippen LogP contribution is -2.18. The molecule has 0 spiro atoms. The first-order valence-corrected chi connectivity index (χ1v) is 6.42. The third kappa shape index (κ3) is 2.19. The van der Waals surface area contributed by atoms with Gasteiger partial charge in [0.2, 0.25) is 0 Å². The van der Waals surface area contributed by atoms with Gasteiger partial charge in [0.25, 0.3) is 0 Å². The number of hydrazone groups is 1. The van der Waals surface area contributed by atoms with E-state index in [0.29, 0.717) is 5.75 Å². The van der Waals surface area contributed by atoms with E-state index >= 15 is 0 Å². The second-order valence-corrected chi connectivity index (χ2v) is 4.79. The first-order valence-electron chi connectivity index (χ1n) is 6.42. The van der Waals surface area contributed by atoms with E-state index < -0.39 is 0 Å². The van der Waals surface area contributed by atoms with Crippen LogP contribution < -0.4 is 5.01 Å². The van der Waals surface area contributed by atoms with Gasteiger partial charge in [0.15, 0.2) is 0 Å². The van der Waals surface area contributed by atoms with E-state index in [0.717, 1.165) is 23.4 Å². The fourth-order valence-corrected chi connectivity index (χ4v) is 2.49. The SMILES string of the molecule is CC1=NN(c2ccccc2)C(c2ccccc2O)C1. The molecule has 2 aromatic carbocycles. The molecule has 3 heteroatoms. The minimum atomic E-state index is 0.0728. The van der Waals surface area contributed by atoms with E-state index in [9.17, 15) is 5.11 Å². The van der Waals surface area contributed by atoms with Crippen molar-refractivity contribution in [2.45, 2.75) is 19.4 Å². The smallest absolute Gasteiger partial charge is 0.120 e. The predicted octanol–water partition coefficient (Wildman–Crippen LogP) is 3.72. The normalized spacial score (nSPS) is 18.5. The Morgan fingerprint density at radius 2 is 1.74 bits per heavy atom. The molecule has 0 fully saturated rings. The zero-order chi connectivity index (χ0) is 13.2. The molecular formula is C16H16N2O. The van der Waals surface area contributed by atoms with Gasteiger partial charge in [-0.3, -0.25) is 5.01 Å². The van der Waals surface area contributed by atoms with Crippen molar-refractivity contribution in [1.29, 1.82) is 0 Å². The van der Waals surface area contributed by atoms with Gasteiger partial charge in [-0.05, 0) is 25.1 Å². The minimum Gasteiger partial charge on any atom is -0.508 e. The summed E-state index contributed by atoms with van der Waals surface area (Å²) in [5.74, 6) is 0.332. The maximum Gasteiger partial charge on any atom is 0.120 e. The van der Waals surface area contributed by atoms with Crippen LogP contribution in [0.25, 0.3) is 0 Å². The highest BCUT2D eigenvalue weighted by Crippen LogP contribution is 2.38. The van der Waals surface area contributed by atoms with Crippen LogP contribution in [0.2, 0.25) is 0 Å². The van der Waals surface area contributed by atoms with Crippen molar-refractivity contribution in [2.24, 2.45) is 5.10 Å². The Labute approximate surface area is 112 Å². The predicted molar refractivity (Wildman–Crippen MR) is 77.5 cm³/mol. The molecular weight excluding hydrogens is 236 g/mol. The number of para-hydroxylation sites is 2. The summed E-state index contributed by atoms with van der Waals surface area (Å²) < 4.78 is 0. The number of hydrogen-bond acceptors (Lipinski definition) is 3. The number of phenolic OH excluding ortho intramolecular Hbond substituents is 1. The second-order valence-electron chi connectivity index (χ2n) is 4.79. The maximum atomic E-state index is 10.0. The Hall–Kier alpha value is -2.29. The third-order valence-electron chi connectivity index (χ3n) is 3.38. The molecule has 1 heterocycles. The molecule has 3 nitrogen and oxygen atoms in total. The molecule has 0 aromatic heterocycles. The molecule has 0 aliphatic carbocycles. The summed E-state index contributed by atoms with van der Waals surface area (Å²) in [6.07, 6.45) is 0.840. The molecule has 96 valence electrons. The zero-order valence-electron chi connectivity index (χ0n) is 10.8. The molecule has 0 radical (unpaired) electrons. The molecule has 1 unspecified atom stereocenters. The van der Waals surface area contributed by atoms with Crippen LogP contribution in [0.4, 0.5) is 5.69 Å². The molecule has 3 rings (SSSR count). The molecule has 1 atom stereocenters. The monoisotopic (exact) mass is 252 g/mol. The molecule has 2 aromatic rings. The van der Waals surface area contributed by atoms with Gasteiger partial charge in [0.05, 0.1) is 11.7 Å². The average Bonchev–Trinajstić information content (AvgIpc) is 2.82. The van der Waals surface area contributed by atoms with Gasteiger partial charge in [0, 0.05) is 17.7 Å². The van der Waals surface area contributed by atoms with Crippen molar-refractivity contribution in [2.75, 3.05) is 5.01 Å². The Morgan fingerprint density at radius 3 is 2.47 bits per heavy atom. The number of hydrogen-bond donors (Lipinski definition) is 1. The Kier molecular flexibility index (Phi) is 2.95. The number of phenols is 1. The molecule has 1 N–H and O–H groups in total. The van der Waals surface area contributed by atoms with Gasteiger partial charge in [-0.1, -0.05) is 36.4 Å². The van der Waals surface area contributed by atoms with Crippen LogP contribution in [0.15, 0.2) is 59.7 Å². The lowest BCUT2D eigenvalue weighted by molar-refractivity contribution is 0.461. The van der Waals surface area contributed by atoms with Crippen LogP contribution in [-0.2, 0) is 0 Å². The van der Waals surface area contributed by atoms with Crippen LogP contribution >= 0.6 is 0 Å². The summed E-state index contributed by atoms with van der Waals surface area (Å²) in [6.45, 7) is 2.02. The van der Waals surface area contributed by atoms with Crippen LogP contribution in [0.3, 0.4) is 0 Å². The number of nitrogens with zero attached hydrogens (tertiary/aromatic N) is 2. The molecule has 1 aliphatic heterocycles. The summed E-state index contributed by atoms with van der Waals surface area (Å²) in [4.78, 5) is 0. The average molecular weight is 252 g/mol. The summed E-state index contributed by atoms with van der Waals surface area (Å²) in [5, 5.41) is 16.6. The quantitative estimate of drug-likeness (QED) is 0.884. The van der Waals surface area contributed by atoms with Gasteiger partial charge >= 0.3 is 0 Å². The molecule has 19 heavy (non-hydrogen) atoms. The van der Waals surface area contributed by atoms with Crippen molar-refractivity contribution in [3.8, 4) is 5.75 Å². The molecule has 0 amide bonds. The fraction of sp³-hybridized carbons (Fsp3) is 0.188. The van der Waals surface area contributed by atoms with Gasteiger partial charge in [-0.2, -0.15) is 5.10 Å². The van der Waals surface area contributed by atoms with E-state index in [1.54, 1.807) is 6.07 Å². The van der Waals surface area contributed by atoms with E-state index in [4.69, 9.17) is 0 Å². The highest BCUT2D eigenvalue weighted by atomic mass is 16.3. The van der Waals surface area contributed by atoms with Gasteiger partial charge in [-0.25, -0.2) is 0 Å². The topological polar surface area (TPSA) is 35.8 Å². The second kappa shape index (κ2) is 4.76. The first-order chi connectivity index (χ1) is 9.25. The van der Waals surface area contributed by atoms with Gasteiger partial charge < -0.3 is 5.11 Å². The lowest BCUT2D eigenvalue weighted by atomic mass is 10.0. The fourth-order valence-electron chi connectivity index (χ4n) is 2.49. The van der Waals surface area contributed by atoms with Crippen LogP contribution in [0, 0.1) is 0 Å². The van der Waals surface area contributed by atoms with Crippen molar-refractivity contribution in [1.82, 2.24) is 0 Å². The van der Waals surface area contributed by atoms with E-state index in [2.05, 4.69) is 5.10 Å². The Morgan fingerprint density at radius 1 is 1.05 bits per heavy atom. The first kappa shape index (κ1) is 11.8. The number of aromatic hydroxyl groups is 1. The van der Waals surface area contributed by atoms with Crippen LogP contribution in [-0.4, -0.2) is 10.8 Å². The Balaban J connectivity index is 2.01. The molecule has 0 bridgehead atoms. The van der Waals surface area contributed by atoms with E-state index in [1.165, 1.54) is 0 Å². The van der Waals surface area contributed by atoms with E-state index in [-0.39, 0.29) is 6.04 Å². The molecule has 0 saturated heterocycles. The van der Waals surface area contributed by atoms with Crippen molar-refractivity contribution >= 4 is 11.4 Å². The minimum absolute atomic E-state index is 0.0728. The number of benzene rings is 2. The van der Waals surface area contributed by atoms with Gasteiger partial charge in [-0.15, -0.1) is 0 Å². The van der Waals surface area contributed by atoms with Crippen molar-refractivity contribution < 1.29 is 5.11 Å². The van der Waals surface area contributed by atoms with Crippen LogP contribution in [0.5, 0.6) is 5.75 Å². The lowest BCUT2D eigenvalue weighted by Gasteiger charge is -2.24. The van der Waals surface area contributed by atoms with E-state index in [1.807, 2.05) is 60.5 Å². The number of anilines is 1. The standard InChI is InChI=1S/C16H16N2O/c1-12-11-15(14-9-5-6-10-16(14)19)18(17-12)13-7-3-2-4-8-13/h2-10,15,19H,11H2,1H3. The van der Waals surface area contributed by atoms with Crippen LogP contribution in [0.1, 0.15) is 24.9 Å². The molecule has 0 saturated carbocycles. The summed E-state index contributed by atoms with van der Waals surface area (Å²) >= 11 is 0. The maximum absolute atomic E-state index is 10.0. The highest BCUT2D eigenvalue weighted by molar-refractivity contribution is 5.86. The summed E-state index contributed by atoms with van der Waals surface area (Å²) in [7, 11) is 0. The molecule has 1 aliphatic rings. The zero-order valence-corrected chi connectivity index (χ0v) is 10.8. The van der Waals surface area contributed by atoms with Crippen molar-refractivity contribution in [3.63, 3.8) is 0 Å². The largest absolute Gasteiger partial charge is 0.508 e. The third-order valence-corrected chi connectivity index (χ3v) is 3.38. The summed E-state index contributed by atoms with van der Waals surface area (Å²) in [6, 6.07) is 17.6. The van der Waals surface area contributed by atoms with Gasteiger partial charge in [0.1, 0.15) is 5.75 Å². The summed E-state index contributed by atoms with van der Waals surface area (Å²) in [5.41, 5.74) is 3.05. The van der Waals surface area contributed by atoms with Crippen molar-refractivity contribution in [3.05, 3.63) is 60.2 Å². The number of rotatable bonds is 2. The Bertz CT molecular complexity index is 607. The highest BCUT2D eigenvalue weighted by Gasteiger charge is 2.28.